The van der Waals surface area contributed by atoms with Crippen molar-refractivity contribution in [3.05, 3.63) is 39.3 Å². The number of allylic oxidation sites excluding steroid dienone is 1. The quantitative estimate of drug-likeness (QED) is 0.616. The Morgan fingerprint density at radius 2 is 1.62 bits per heavy atom. The van der Waals surface area contributed by atoms with Crippen molar-refractivity contribution in [1.82, 2.24) is 0 Å². The van der Waals surface area contributed by atoms with E-state index in [9.17, 15) is 0 Å². The van der Waals surface area contributed by atoms with E-state index in [1.54, 1.807) is 0 Å². The van der Waals surface area contributed by atoms with Crippen molar-refractivity contribution in [1.29, 1.82) is 0 Å². The van der Waals surface area contributed by atoms with Crippen LogP contribution in [0.1, 0.15) is 26.3 Å². The number of hydrogen-bond donors (Lipinski definition) is 0. The molecule has 0 N–H and O–H groups in total. The van der Waals surface area contributed by atoms with Crippen LogP contribution in [0.2, 0.25) is 0 Å². The van der Waals surface area contributed by atoms with Gasteiger partial charge in [0.15, 0.2) is 0 Å². The Hall–Kier alpha value is -0.520. The van der Waals surface area contributed by atoms with E-state index < -0.39 is 0 Å². The average Bonchev–Trinajstić information content (AvgIpc) is 2.17. The first kappa shape index (κ1) is 13.5. The second kappa shape index (κ2) is 5.70. The predicted molar refractivity (Wildman–Crippen MR) is 78.4 cm³/mol. The van der Waals surface area contributed by atoms with Crippen molar-refractivity contribution in [3.8, 4) is 11.8 Å². The Kier molecular flexibility index (Phi) is 4.83. The van der Waals surface area contributed by atoms with Gasteiger partial charge in [-0.1, -0.05) is 42.2 Å². The van der Waals surface area contributed by atoms with Gasteiger partial charge in [0.05, 0.1) is 8.96 Å². The number of benzene rings is 1. The molecule has 0 bridgehead atoms. The normalized spacial score (nSPS) is 10.3. The van der Waals surface area contributed by atoms with E-state index in [2.05, 4.69) is 76.6 Å². The van der Waals surface area contributed by atoms with Gasteiger partial charge in [0, 0.05) is 5.41 Å². The number of rotatable bonds is 1. The highest BCUT2D eigenvalue weighted by Crippen LogP contribution is 2.27. The van der Waals surface area contributed by atoms with Crippen LogP contribution in [0.15, 0.2) is 33.7 Å². The minimum absolute atomic E-state index is 0.00941. The zero-order chi connectivity index (χ0) is 12.2. The van der Waals surface area contributed by atoms with E-state index in [4.69, 9.17) is 0 Å². The standard InChI is InChI=1S/C14H14Br2/c1-14(2,3)10-9-12(13(15)16)11-7-5-4-6-8-11/h4-8H,1-3H3. The van der Waals surface area contributed by atoms with Crippen LogP contribution in [0.4, 0.5) is 0 Å². The first-order valence-corrected chi connectivity index (χ1v) is 6.62. The summed E-state index contributed by atoms with van der Waals surface area (Å²) >= 11 is 6.88. The first-order chi connectivity index (χ1) is 7.40. The molecule has 0 radical (unpaired) electrons. The topological polar surface area (TPSA) is 0 Å². The van der Waals surface area contributed by atoms with Crippen molar-refractivity contribution in [2.24, 2.45) is 5.41 Å². The van der Waals surface area contributed by atoms with Gasteiger partial charge in [-0.05, 0) is 58.2 Å². The van der Waals surface area contributed by atoms with Crippen LogP contribution in [0.5, 0.6) is 0 Å². The molecule has 0 atom stereocenters. The van der Waals surface area contributed by atoms with E-state index in [0.717, 1.165) is 14.5 Å². The summed E-state index contributed by atoms with van der Waals surface area (Å²) in [6, 6.07) is 10.1. The van der Waals surface area contributed by atoms with Gasteiger partial charge in [-0.2, -0.15) is 0 Å². The summed E-state index contributed by atoms with van der Waals surface area (Å²) in [5.41, 5.74) is 2.11. The van der Waals surface area contributed by atoms with Gasteiger partial charge in [0.1, 0.15) is 0 Å². The van der Waals surface area contributed by atoms with Crippen LogP contribution in [0, 0.1) is 17.3 Å². The smallest absolute Gasteiger partial charge is 0.0766 e. The summed E-state index contributed by atoms with van der Waals surface area (Å²) < 4.78 is 0.892. The fourth-order valence-corrected chi connectivity index (χ4v) is 1.74. The van der Waals surface area contributed by atoms with E-state index in [-0.39, 0.29) is 5.41 Å². The SMILES string of the molecule is CC(C)(C)C#CC(=C(Br)Br)c1ccccc1. The van der Waals surface area contributed by atoms with Crippen LogP contribution in [0.3, 0.4) is 0 Å². The molecule has 0 amide bonds. The second-order valence-corrected chi connectivity index (χ2v) is 7.15. The van der Waals surface area contributed by atoms with E-state index in [0.29, 0.717) is 0 Å². The van der Waals surface area contributed by atoms with E-state index >= 15 is 0 Å². The molecule has 0 nitrogen and oxygen atoms in total. The Bertz CT molecular complexity index is 435. The monoisotopic (exact) mass is 340 g/mol. The molecule has 0 saturated heterocycles. The summed E-state index contributed by atoms with van der Waals surface area (Å²) in [4.78, 5) is 0. The molecule has 0 heterocycles. The largest absolute Gasteiger partial charge is 0.0919 e. The van der Waals surface area contributed by atoms with Crippen LogP contribution in [-0.2, 0) is 0 Å². The van der Waals surface area contributed by atoms with Gasteiger partial charge in [-0.15, -0.1) is 0 Å². The fourth-order valence-electron chi connectivity index (χ4n) is 1.08. The molecule has 0 spiro atoms. The molecule has 0 unspecified atom stereocenters. The highest BCUT2D eigenvalue weighted by atomic mass is 79.9. The predicted octanol–water partition coefficient (Wildman–Crippen LogP) is 5.19. The Balaban J connectivity index is 3.14. The lowest BCUT2D eigenvalue weighted by Gasteiger charge is -2.08. The van der Waals surface area contributed by atoms with E-state index in [1.807, 2.05) is 18.2 Å². The summed E-state index contributed by atoms with van der Waals surface area (Å²) in [7, 11) is 0. The molecule has 0 aliphatic heterocycles. The number of hydrogen-bond acceptors (Lipinski definition) is 0. The lowest BCUT2D eigenvalue weighted by Crippen LogP contribution is -1.99. The molecule has 0 saturated carbocycles. The molecule has 16 heavy (non-hydrogen) atoms. The van der Waals surface area contributed by atoms with Crippen molar-refractivity contribution < 1.29 is 0 Å². The Morgan fingerprint density at radius 1 is 1.06 bits per heavy atom. The molecule has 1 aromatic rings. The van der Waals surface area contributed by atoms with Gasteiger partial charge < -0.3 is 0 Å². The third-order valence-electron chi connectivity index (χ3n) is 1.81. The fraction of sp³-hybridized carbons (Fsp3) is 0.286. The Labute approximate surface area is 114 Å². The molecule has 0 fully saturated rings. The number of halogens is 2. The summed E-state index contributed by atoms with van der Waals surface area (Å²) in [6.45, 7) is 6.31. The minimum Gasteiger partial charge on any atom is -0.0919 e. The third-order valence-corrected chi connectivity index (χ3v) is 2.61. The minimum atomic E-state index is 0.00941. The molecule has 0 aromatic heterocycles. The van der Waals surface area contributed by atoms with Gasteiger partial charge in [0.25, 0.3) is 0 Å². The molecule has 1 rings (SSSR count). The van der Waals surface area contributed by atoms with Crippen molar-refractivity contribution in [3.63, 3.8) is 0 Å². The first-order valence-electron chi connectivity index (χ1n) is 5.04. The third kappa shape index (κ3) is 4.55. The highest BCUT2D eigenvalue weighted by molar-refractivity contribution is 9.28. The summed E-state index contributed by atoms with van der Waals surface area (Å²) in [5.74, 6) is 6.45. The van der Waals surface area contributed by atoms with Crippen molar-refractivity contribution >= 4 is 37.4 Å². The second-order valence-electron chi connectivity index (χ2n) is 4.50. The van der Waals surface area contributed by atoms with Crippen LogP contribution < -0.4 is 0 Å². The van der Waals surface area contributed by atoms with Gasteiger partial charge in [0.2, 0.25) is 0 Å². The van der Waals surface area contributed by atoms with Crippen LogP contribution in [-0.4, -0.2) is 0 Å². The van der Waals surface area contributed by atoms with E-state index in [1.165, 1.54) is 0 Å². The molecule has 0 aliphatic carbocycles. The maximum Gasteiger partial charge on any atom is 0.0766 e. The van der Waals surface area contributed by atoms with Crippen LogP contribution in [0.25, 0.3) is 5.57 Å². The summed E-state index contributed by atoms with van der Waals surface area (Å²) in [5, 5.41) is 0. The molecular formula is C14H14Br2. The molecule has 2 heteroatoms. The molecule has 84 valence electrons. The zero-order valence-corrected chi connectivity index (χ0v) is 12.8. The maximum absolute atomic E-state index is 3.44. The van der Waals surface area contributed by atoms with Gasteiger partial charge in [-0.25, -0.2) is 0 Å². The van der Waals surface area contributed by atoms with Crippen molar-refractivity contribution in [2.45, 2.75) is 20.8 Å². The highest BCUT2D eigenvalue weighted by Gasteiger charge is 2.06. The summed E-state index contributed by atoms with van der Waals surface area (Å²) in [6.07, 6.45) is 0. The van der Waals surface area contributed by atoms with Gasteiger partial charge >= 0.3 is 0 Å². The van der Waals surface area contributed by atoms with Crippen LogP contribution >= 0.6 is 31.9 Å². The maximum atomic E-state index is 3.44. The average molecular weight is 342 g/mol. The molecule has 1 aromatic carbocycles. The molecular weight excluding hydrogens is 328 g/mol. The lowest BCUT2D eigenvalue weighted by molar-refractivity contribution is 0.571. The lowest BCUT2D eigenvalue weighted by atomic mass is 9.97. The Morgan fingerprint density at radius 3 is 2.06 bits per heavy atom. The zero-order valence-electron chi connectivity index (χ0n) is 9.64. The van der Waals surface area contributed by atoms with Crippen molar-refractivity contribution in [2.75, 3.05) is 0 Å². The molecule has 0 aliphatic rings. The van der Waals surface area contributed by atoms with Gasteiger partial charge in [-0.3, -0.25) is 0 Å².